The lowest BCUT2D eigenvalue weighted by atomic mass is 10.1. The second kappa shape index (κ2) is 7.85. The first-order valence-electron chi connectivity index (χ1n) is 8.37. The standard InChI is InChI=1S/C18H22BrN3O2S/c1-14-17(19)8-9-18(21-14)20-12-15-6-2-3-7-16(15)13-25(23,24)22-10-4-5-11-22/h2-3,6-9H,4-5,10-13H2,1H3,(H,20,21). The van der Waals surface area contributed by atoms with Crippen molar-refractivity contribution in [3.05, 3.63) is 57.7 Å². The van der Waals surface area contributed by atoms with Crippen molar-refractivity contribution in [2.45, 2.75) is 32.1 Å². The van der Waals surface area contributed by atoms with Crippen molar-refractivity contribution in [3.8, 4) is 0 Å². The van der Waals surface area contributed by atoms with E-state index in [0.717, 1.165) is 40.0 Å². The van der Waals surface area contributed by atoms with Gasteiger partial charge in [-0.05, 0) is 59.0 Å². The van der Waals surface area contributed by atoms with Crippen LogP contribution in [0.2, 0.25) is 0 Å². The summed E-state index contributed by atoms with van der Waals surface area (Å²) in [5.41, 5.74) is 2.73. The van der Waals surface area contributed by atoms with Crippen molar-refractivity contribution in [1.29, 1.82) is 0 Å². The van der Waals surface area contributed by atoms with Gasteiger partial charge >= 0.3 is 0 Å². The van der Waals surface area contributed by atoms with Gasteiger partial charge in [0.25, 0.3) is 0 Å². The van der Waals surface area contributed by atoms with Gasteiger partial charge in [0, 0.05) is 24.1 Å². The maximum atomic E-state index is 12.6. The van der Waals surface area contributed by atoms with E-state index in [1.54, 1.807) is 4.31 Å². The molecule has 134 valence electrons. The fourth-order valence-electron chi connectivity index (χ4n) is 2.95. The van der Waals surface area contributed by atoms with Crippen LogP contribution in [-0.2, 0) is 22.3 Å². The fourth-order valence-corrected chi connectivity index (χ4v) is 4.85. The van der Waals surface area contributed by atoms with Crippen molar-refractivity contribution in [2.75, 3.05) is 18.4 Å². The summed E-state index contributed by atoms with van der Waals surface area (Å²) in [5.74, 6) is 0.829. The predicted molar refractivity (Wildman–Crippen MR) is 104 cm³/mol. The number of aromatic nitrogens is 1. The summed E-state index contributed by atoms with van der Waals surface area (Å²) < 4.78 is 27.8. The normalized spacial score (nSPS) is 15.4. The van der Waals surface area contributed by atoms with E-state index >= 15 is 0 Å². The zero-order valence-corrected chi connectivity index (χ0v) is 16.6. The Kier molecular flexibility index (Phi) is 5.76. The molecule has 0 bridgehead atoms. The van der Waals surface area contributed by atoms with Crippen molar-refractivity contribution >= 4 is 31.8 Å². The van der Waals surface area contributed by atoms with Crippen molar-refractivity contribution in [3.63, 3.8) is 0 Å². The zero-order valence-electron chi connectivity index (χ0n) is 14.2. The number of sulfonamides is 1. The molecule has 0 spiro atoms. The van der Waals surface area contributed by atoms with Crippen molar-refractivity contribution in [1.82, 2.24) is 9.29 Å². The molecule has 1 aromatic carbocycles. The number of anilines is 1. The van der Waals surface area contributed by atoms with E-state index in [1.165, 1.54) is 0 Å². The number of nitrogens with zero attached hydrogens (tertiary/aromatic N) is 2. The van der Waals surface area contributed by atoms with Gasteiger partial charge < -0.3 is 5.32 Å². The van der Waals surface area contributed by atoms with Crippen LogP contribution in [0, 0.1) is 6.92 Å². The molecule has 25 heavy (non-hydrogen) atoms. The van der Waals surface area contributed by atoms with Crippen molar-refractivity contribution in [2.24, 2.45) is 0 Å². The Bertz CT molecular complexity index is 849. The number of benzene rings is 1. The molecule has 3 rings (SSSR count). The highest BCUT2D eigenvalue weighted by Gasteiger charge is 2.26. The molecule has 1 aliphatic heterocycles. The average Bonchev–Trinajstić information content (AvgIpc) is 3.12. The van der Waals surface area contributed by atoms with Crippen LogP contribution >= 0.6 is 15.9 Å². The molecule has 5 nitrogen and oxygen atoms in total. The Morgan fingerprint density at radius 1 is 1.12 bits per heavy atom. The maximum absolute atomic E-state index is 12.6. The van der Waals surface area contributed by atoms with Gasteiger partial charge in [0.05, 0.1) is 11.4 Å². The number of pyridine rings is 1. The van der Waals surface area contributed by atoms with Gasteiger partial charge in [-0.2, -0.15) is 0 Å². The number of aryl methyl sites for hydroxylation is 1. The van der Waals surface area contributed by atoms with Gasteiger partial charge in [0.1, 0.15) is 5.82 Å². The highest BCUT2D eigenvalue weighted by Crippen LogP contribution is 2.21. The molecule has 1 N–H and O–H groups in total. The first kappa shape index (κ1) is 18.4. The van der Waals surface area contributed by atoms with Gasteiger partial charge in [0.15, 0.2) is 0 Å². The zero-order chi connectivity index (χ0) is 17.9. The molecule has 0 amide bonds. The third kappa shape index (κ3) is 4.59. The van der Waals surface area contributed by atoms with Gasteiger partial charge in [-0.15, -0.1) is 0 Å². The minimum atomic E-state index is -3.25. The topological polar surface area (TPSA) is 62.3 Å². The number of nitrogens with one attached hydrogen (secondary N) is 1. The fraction of sp³-hybridized carbons (Fsp3) is 0.389. The molecule has 0 atom stereocenters. The van der Waals surface area contributed by atoms with E-state index < -0.39 is 10.0 Å². The number of hydrogen-bond donors (Lipinski definition) is 1. The van der Waals surface area contributed by atoms with Crippen LogP contribution < -0.4 is 5.32 Å². The Balaban J connectivity index is 1.73. The van der Waals surface area contributed by atoms with Gasteiger partial charge in [-0.25, -0.2) is 17.7 Å². The van der Waals surface area contributed by atoms with Crippen LogP contribution in [-0.4, -0.2) is 30.8 Å². The Hall–Kier alpha value is -1.44. The highest BCUT2D eigenvalue weighted by molar-refractivity contribution is 9.10. The maximum Gasteiger partial charge on any atom is 0.218 e. The first-order valence-corrected chi connectivity index (χ1v) is 10.8. The van der Waals surface area contributed by atoms with Crippen LogP contribution in [0.15, 0.2) is 40.9 Å². The largest absolute Gasteiger partial charge is 0.366 e. The van der Waals surface area contributed by atoms with E-state index in [2.05, 4.69) is 26.2 Å². The summed E-state index contributed by atoms with van der Waals surface area (Å²) in [6.07, 6.45) is 1.91. The van der Waals surface area contributed by atoms with Gasteiger partial charge in [-0.1, -0.05) is 24.3 Å². The molecule has 7 heteroatoms. The quantitative estimate of drug-likeness (QED) is 0.769. The molecule has 1 aromatic heterocycles. The van der Waals surface area contributed by atoms with E-state index in [0.29, 0.717) is 19.6 Å². The molecule has 0 unspecified atom stereocenters. The minimum absolute atomic E-state index is 0.0532. The minimum Gasteiger partial charge on any atom is -0.366 e. The Morgan fingerprint density at radius 3 is 2.48 bits per heavy atom. The van der Waals surface area contributed by atoms with Crippen LogP contribution in [0.1, 0.15) is 29.7 Å². The lowest BCUT2D eigenvalue weighted by molar-refractivity contribution is 0.476. The summed E-state index contributed by atoms with van der Waals surface area (Å²) in [7, 11) is -3.25. The van der Waals surface area contributed by atoms with Crippen LogP contribution in [0.25, 0.3) is 0 Å². The summed E-state index contributed by atoms with van der Waals surface area (Å²) in [6.45, 7) is 3.77. The molecule has 0 aliphatic carbocycles. The van der Waals surface area contributed by atoms with Gasteiger partial charge in [0.2, 0.25) is 10.0 Å². The second-order valence-electron chi connectivity index (χ2n) is 6.25. The summed E-state index contributed by atoms with van der Waals surface area (Å²) in [5, 5.41) is 3.28. The SMILES string of the molecule is Cc1nc(NCc2ccccc2CS(=O)(=O)N2CCCC2)ccc1Br. The molecular formula is C18H22BrN3O2S. The highest BCUT2D eigenvalue weighted by atomic mass is 79.9. The van der Waals surface area contributed by atoms with E-state index in [4.69, 9.17) is 0 Å². The van der Waals surface area contributed by atoms with E-state index in [-0.39, 0.29) is 5.75 Å². The van der Waals surface area contributed by atoms with E-state index in [9.17, 15) is 8.42 Å². The molecule has 1 aliphatic rings. The molecule has 1 fully saturated rings. The number of rotatable bonds is 6. The third-order valence-corrected chi connectivity index (χ3v) is 7.06. The van der Waals surface area contributed by atoms with Crippen LogP contribution in [0.4, 0.5) is 5.82 Å². The average molecular weight is 424 g/mol. The molecule has 2 heterocycles. The Morgan fingerprint density at radius 2 is 1.80 bits per heavy atom. The monoisotopic (exact) mass is 423 g/mol. The molecular weight excluding hydrogens is 402 g/mol. The summed E-state index contributed by atoms with van der Waals surface area (Å²) in [6, 6.07) is 11.5. The summed E-state index contributed by atoms with van der Waals surface area (Å²) in [4.78, 5) is 4.47. The molecule has 1 saturated heterocycles. The van der Waals surface area contributed by atoms with Crippen molar-refractivity contribution < 1.29 is 8.42 Å². The lowest BCUT2D eigenvalue weighted by Crippen LogP contribution is -2.29. The smallest absolute Gasteiger partial charge is 0.218 e. The Labute approximate surface area is 157 Å². The first-order chi connectivity index (χ1) is 12.0. The van der Waals surface area contributed by atoms with Gasteiger partial charge in [-0.3, -0.25) is 0 Å². The second-order valence-corrected chi connectivity index (χ2v) is 9.07. The lowest BCUT2D eigenvalue weighted by Gasteiger charge is -2.17. The number of halogens is 1. The van der Waals surface area contributed by atoms with E-state index in [1.807, 2.05) is 43.3 Å². The van der Waals surface area contributed by atoms with Crippen LogP contribution in [0.5, 0.6) is 0 Å². The number of hydrogen-bond acceptors (Lipinski definition) is 4. The summed E-state index contributed by atoms with van der Waals surface area (Å²) >= 11 is 3.44. The third-order valence-electron chi connectivity index (χ3n) is 4.40. The molecule has 0 saturated carbocycles. The van der Waals surface area contributed by atoms with Crippen LogP contribution in [0.3, 0.4) is 0 Å². The predicted octanol–water partition coefficient (Wildman–Crippen LogP) is 3.69. The molecule has 0 radical (unpaired) electrons. The molecule has 2 aromatic rings.